The first-order chi connectivity index (χ1) is 8.44. The minimum absolute atomic E-state index is 0.193. The van der Waals surface area contributed by atoms with Crippen LogP contribution in [0.2, 0.25) is 0 Å². The van der Waals surface area contributed by atoms with Gasteiger partial charge >= 0.3 is 0 Å². The van der Waals surface area contributed by atoms with Crippen molar-refractivity contribution in [2.75, 3.05) is 0 Å². The highest BCUT2D eigenvalue weighted by atomic mass is 16.3. The van der Waals surface area contributed by atoms with E-state index in [1.54, 1.807) is 0 Å². The van der Waals surface area contributed by atoms with Crippen LogP contribution in [0.25, 0.3) is 0 Å². The second kappa shape index (κ2) is 4.49. The molecule has 0 unspecified atom stereocenters. The van der Waals surface area contributed by atoms with Crippen LogP contribution in [0.1, 0.15) is 36.1 Å². The van der Waals surface area contributed by atoms with Gasteiger partial charge in [0.1, 0.15) is 5.75 Å². The van der Waals surface area contributed by atoms with Gasteiger partial charge in [0.25, 0.3) is 0 Å². The summed E-state index contributed by atoms with van der Waals surface area (Å²) in [4.78, 5) is 0. The molecule has 2 rings (SSSR count). The lowest BCUT2D eigenvalue weighted by molar-refractivity contribution is 0.449. The lowest BCUT2D eigenvalue weighted by atomic mass is 9.75. The monoisotopic (exact) mass is 240 g/mol. The van der Waals surface area contributed by atoms with Crippen molar-refractivity contribution in [3.8, 4) is 5.75 Å². The first-order valence-electron chi connectivity index (χ1n) is 6.29. The van der Waals surface area contributed by atoms with Gasteiger partial charge in [-0.05, 0) is 30.5 Å². The van der Waals surface area contributed by atoms with Crippen LogP contribution < -0.4 is 0 Å². The van der Waals surface area contributed by atoms with Gasteiger partial charge in [-0.1, -0.05) is 56.3 Å². The van der Waals surface area contributed by atoms with Gasteiger partial charge in [0.15, 0.2) is 0 Å². The molecule has 18 heavy (non-hydrogen) atoms. The summed E-state index contributed by atoms with van der Waals surface area (Å²) in [6.45, 7) is 8.37. The van der Waals surface area contributed by atoms with Crippen LogP contribution >= 0.6 is 0 Å². The fourth-order valence-corrected chi connectivity index (χ4v) is 2.58. The third kappa shape index (κ3) is 2.01. The maximum absolute atomic E-state index is 10.3. The van der Waals surface area contributed by atoms with E-state index in [1.807, 2.05) is 31.2 Å². The molecule has 1 heteroatoms. The molecule has 1 nitrogen and oxygen atoms in total. The highest BCUT2D eigenvalue weighted by Crippen LogP contribution is 2.39. The Bertz CT molecular complexity index is 568. The molecule has 1 N–H and O–H groups in total. The van der Waals surface area contributed by atoms with Crippen LogP contribution in [0.5, 0.6) is 5.75 Å². The Hall–Kier alpha value is -1.76. The summed E-state index contributed by atoms with van der Waals surface area (Å²) in [7, 11) is 0. The van der Waals surface area contributed by atoms with Crippen molar-refractivity contribution in [1.29, 1.82) is 0 Å². The molecule has 2 aromatic rings. The van der Waals surface area contributed by atoms with Crippen LogP contribution in [0.15, 0.2) is 42.5 Å². The molecule has 0 aliphatic rings. The lowest BCUT2D eigenvalue weighted by Gasteiger charge is -2.29. The maximum atomic E-state index is 10.3. The Morgan fingerprint density at radius 1 is 0.778 bits per heavy atom. The van der Waals surface area contributed by atoms with Crippen LogP contribution in [0.4, 0.5) is 0 Å². The molecule has 0 radical (unpaired) electrons. The number of aryl methyl sites for hydroxylation is 2. The summed E-state index contributed by atoms with van der Waals surface area (Å²) in [5.74, 6) is 0.408. The molecule has 0 fully saturated rings. The van der Waals surface area contributed by atoms with Crippen molar-refractivity contribution in [2.24, 2.45) is 0 Å². The Labute approximate surface area is 109 Å². The van der Waals surface area contributed by atoms with E-state index in [2.05, 4.69) is 39.0 Å². The second-order valence-electron chi connectivity index (χ2n) is 5.41. The fourth-order valence-electron chi connectivity index (χ4n) is 2.58. The Morgan fingerprint density at radius 3 is 2.00 bits per heavy atom. The normalized spacial score (nSPS) is 11.6. The lowest BCUT2D eigenvalue weighted by Crippen LogP contribution is -2.20. The van der Waals surface area contributed by atoms with Gasteiger partial charge in [0.05, 0.1) is 0 Å². The zero-order chi connectivity index (χ0) is 13.3. The Balaban J connectivity index is 2.62. The minimum atomic E-state index is -0.193. The molecular weight excluding hydrogens is 220 g/mol. The topological polar surface area (TPSA) is 20.2 Å². The average Bonchev–Trinajstić information content (AvgIpc) is 2.32. The summed E-state index contributed by atoms with van der Waals surface area (Å²) in [6, 6.07) is 14.3. The quantitative estimate of drug-likeness (QED) is 0.828. The maximum Gasteiger partial charge on any atom is 0.122 e. The second-order valence-corrected chi connectivity index (χ2v) is 5.41. The van der Waals surface area contributed by atoms with Crippen molar-refractivity contribution in [2.45, 2.75) is 33.1 Å². The van der Waals surface area contributed by atoms with Gasteiger partial charge in [-0.2, -0.15) is 0 Å². The van der Waals surface area contributed by atoms with E-state index in [4.69, 9.17) is 0 Å². The van der Waals surface area contributed by atoms with Gasteiger partial charge < -0.3 is 5.11 Å². The molecule has 0 aromatic heterocycles. The molecule has 0 saturated carbocycles. The predicted molar refractivity (Wildman–Crippen MR) is 76.2 cm³/mol. The number of phenolic OH excluding ortho intramolecular Hbond substituents is 1. The van der Waals surface area contributed by atoms with E-state index in [0.717, 1.165) is 11.1 Å². The largest absolute Gasteiger partial charge is 0.507 e. The molecule has 0 saturated heterocycles. The third-order valence-electron chi connectivity index (χ3n) is 3.73. The molecule has 94 valence electrons. The number of hydrogen-bond acceptors (Lipinski definition) is 1. The molecular formula is C17H20O. The van der Waals surface area contributed by atoms with Crippen LogP contribution in [0, 0.1) is 13.8 Å². The molecule has 0 heterocycles. The molecule has 0 atom stereocenters. The summed E-state index contributed by atoms with van der Waals surface area (Å²) in [6.07, 6.45) is 0. The van der Waals surface area contributed by atoms with E-state index in [1.165, 1.54) is 11.1 Å². The Morgan fingerprint density at radius 2 is 1.33 bits per heavy atom. The van der Waals surface area contributed by atoms with Crippen LogP contribution in [-0.2, 0) is 5.41 Å². The fraction of sp³-hybridized carbons (Fsp3) is 0.294. The Kier molecular flexibility index (Phi) is 3.16. The van der Waals surface area contributed by atoms with Crippen LogP contribution in [0.3, 0.4) is 0 Å². The number of hydrogen-bond donors (Lipinski definition) is 1. The number of benzene rings is 2. The first kappa shape index (κ1) is 12.7. The van der Waals surface area contributed by atoms with Gasteiger partial charge in [0, 0.05) is 11.0 Å². The summed E-state index contributed by atoms with van der Waals surface area (Å²) in [5.41, 5.74) is 4.22. The van der Waals surface area contributed by atoms with Gasteiger partial charge in [0.2, 0.25) is 0 Å². The molecule has 0 aliphatic carbocycles. The average molecular weight is 240 g/mol. The van der Waals surface area contributed by atoms with Gasteiger partial charge in [-0.3, -0.25) is 0 Å². The molecule has 0 spiro atoms. The zero-order valence-electron chi connectivity index (χ0n) is 11.5. The smallest absolute Gasteiger partial charge is 0.122 e. The van der Waals surface area contributed by atoms with Crippen LogP contribution in [-0.4, -0.2) is 5.11 Å². The first-order valence-corrected chi connectivity index (χ1v) is 6.29. The number of phenols is 1. The van der Waals surface area contributed by atoms with Gasteiger partial charge in [-0.25, -0.2) is 0 Å². The molecule has 0 amide bonds. The van der Waals surface area contributed by atoms with E-state index < -0.39 is 0 Å². The predicted octanol–water partition coefficient (Wildman–Crippen LogP) is 4.33. The highest BCUT2D eigenvalue weighted by molar-refractivity contribution is 5.50. The molecule has 2 aromatic carbocycles. The summed E-state index contributed by atoms with van der Waals surface area (Å²) < 4.78 is 0. The summed E-state index contributed by atoms with van der Waals surface area (Å²) in [5, 5.41) is 10.3. The summed E-state index contributed by atoms with van der Waals surface area (Å²) >= 11 is 0. The van der Waals surface area contributed by atoms with Crippen molar-refractivity contribution in [3.63, 3.8) is 0 Å². The standard InChI is InChI=1S/C17H20O/c1-12-8-5-6-10-14(12)17(3,4)15-11-7-9-13(2)16(15)18/h5-11,18H,1-4H3. The molecule has 0 bridgehead atoms. The van der Waals surface area contributed by atoms with Crippen molar-refractivity contribution < 1.29 is 5.11 Å². The zero-order valence-corrected chi connectivity index (χ0v) is 11.5. The van der Waals surface area contributed by atoms with Crippen molar-refractivity contribution in [1.82, 2.24) is 0 Å². The van der Waals surface area contributed by atoms with E-state index in [9.17, 15) is 5.11 Å². The van der Waals surface area contributed by atoms with Gasteiger partial charge in [-0.15, -0.1) is 0 Å². The minimum Gasteiger partial charge on any atom is -0.507 e. The highest BCUT2D eigenvalue weighted by Gasteiger charge is 2.27. The van der Waals surface area contributed by atoms with Crippen molar-refractivity contribution >= 4 is 0 Å². The van der Waals surface area contributed by atoms with Crippen molar-refractivity contribution in [3.05, 3.63) is 64.7 Å². The van der Waals surface area contributed by atoms with E-state index in [0.29, 0.717) is 5.75 Å². The number of para-hydroxylation sites is 1. The number of aromatic hydroxyl groups is 1. The number of rotatable bonds is 2. The SMILES string of the molecule is Cc1ccccc1C(C)(C)c1cccc(C)c1O. The van der Waals surface area contributed by atoms with E-state index in [-0.39, 0.29) is 5.41 Å². The molecule has 0 aliphatic heterocycles. The van der Waals surface area contributed by atoms with E-state index >= 15 is 0 Å². The third-order valence-corrected chi connectivity index (χ3v) is 3.73.